The Morgan fingerprint density at radius 3 is 1.52 bits per heavy atom. The van der Waals surface area contributed by atoms with Crippen molar-refractivity contribution in [3.05, 3.63) is 176 Å². The molecule has 232 valence electrons. The fourth-order valence-electron chi connectivity index (χ4n) is 8.31. The molecular formula is C48H29NS. The molecule has 0 atom stereocenters. The van der Waals surface area contributed by atoms with E-state index in [-0.39, 0.29) is 0 Å². The van der Waals surface area contributed by atoms with Crippen LogP contribution in [-0.2, 0) is 0 Å². The second-order valence-electron chi connectivity index (χ2n) is 13.3. The van der Waals surface area contributed by atoms with Crippen LogP contribution in [0.4, 0.5) is 0 Å². The van der Waals surface area contributed by atoms with Crippen molar-refractivity contribution in [1.82, 2.24) is 4.57 Å². The minimum absolute atomic E-state index is 1.18. The lowest BCUT2D eigenvalue weighted by Crippen LogP contribution is -1.95. The van der Waals surface area contributed by atoms with Crippen LogP contribution in [0, 0.1) is 0 Å². The largest absolute Gasteiger partial charge is 0.309 e. The highest BCUT2D eigenvalue weighted by Crippen LogP contribution is 2.44. The smallest absolute Gasteiger partial charge is 0.0541 e. The minimum Gasteiger partial charge on any atom is -0.309 e. The molecule has 2 aromatic heterocycles. The molecule has 0 saturated carbocycles. The highest BCUT2D eigenvalue weighted by Gasteiger charge is 2.18. The van der Waals surface area contributed by atoms with Gasteiger partial charge < -0.3 is 4.57 Å². The summed E-state index contributed by atoms with van der Waals surface area (Å²) in [6, 6.07) is 65.0. The Labute approximate surface area is 292 Å². The van der Waals surface area contributed by atoms with Crippen molar-refractivity contribution in [2.75, 3.05) is 0 Å². The Balaban J connectivity index is 1.16. The molecule has 11 aromatic rings. The Morgan fingerprint density at radius 1 is 0.320 bits per heavy atom. The first-order chi connectivity index (χ1) is 24.8. The summed E-state index contributed by atoms with van der Waals surface area (Å²) in [5.41, 5.74) is 8.57. The van der Waals surface area contributed by atoms with Crippen LogP contribution in [-0.4, -0.2) is 4.57 Å². The normalized spacial score (nSPS) is 12.0. The number of rotatable bonds is 3. The van der Waals surface area contributed by atoms with Crippen molar-refractivity contribution in [2.45, 2.75) is 0 Å². The van der Waals surface area contributed by atoms with E-state index in [1.54, 1.807) is 0 Å². The molecule has 0 amide bonds. The molecular weight excluding hydrogens is 623 g/mol. The zero-order valence-corrected chi connectivity index (χ0v) is 27.9. The summed E-state index contributed by atoms with van der Waals surface area (Å²) in [7, 11) is 0. The average molecular weight is 652 g/mol. The topological polar surface area (TPSA) is 4.93 Å². The molecule has 0 saturated heterocycles. The first kappa shape index (κ1) is 27.7. The van der Waals surface area contributed by atoms with Gasteiger partial charge in [-0.25, -0.2) is 0 Å². The van der Waals surface area contributed by atoms with Crippen LogP contribution in [0.25, 0.3) is 102 Å². The predicted molar refractivity (Wildman–Crippen MR) is 217 cm³/mol. The molecule has 11 rings (SSSR count). The molecule has 0 fully saturated rings. The lowest BCUT2D eigenvalue weighted by molar-refractivity contribution is 1.19. The molecule has 0 N–H and O–H groups in total. The van der Waals surface area contributed by atoms with E-state index in [1.807, 2.05) is 11.3 Å². The molecule has 0 spiro atoms. The molecule has 0 aliphatic heterocycles. The number of thiophene rings is 1. The van der Waals surface area contributed by atoms with E-state index in [9.17, 15) is 0 Å². The predicted octanol–water partition coefficient (Wildman–Crippen LogP) is 13.9. The van der Waals surface area contributed by atoms with Crippen LogP contribution in [0.1, 0.15) is 0 Å². The van der Waals surface area contributed by atoms with Gasteiger partial charge in [-0.15, -0.1) is 11.3 Å². The zero-order valence-electron chi connectivity index (χ0n) is 27.1. The third kappa shape index (κ3) is 4.00. The standard InChI is InChI=1S/C48H29NS/c1-2-16-36-34(14-1)35-15-3-4-17-37(35)43-27-31(24-25-38(36)43)30-12-11-13-32(26-30)42-28-33(29-44-41-20-7-10-23-47(41)50-48(42)44)49-45-21-8-5-18-39(45)40-19-6-9-22-46(40)49/h1-29H. The van der Waals surface area contributed by atoms with Crippen LogP contribution in [0.15, 0.2) is 176 Å². The minimum atomic E-state index is 1.18. The Hall–Kier alpha value is -6.22. The summed E-state index contributed by atoms with van der Waals surface area (Å²) < 4.78 is 5.08. The van der Waals surface area contributed by atoms with E-state index in [0.29, 0.717) is 0 Å². The molecule has 50 heavy (non-hydrogen) atoms. The molecule has 0 aliphatic carbocycles. The molecule has 2 heteroatoms. The van der Waals surface area contributed by atoms with Crippen molar-refractivity contribution < 1.29 is 0 Å². The van der Waals surface area contributed by atoms with Gasteiger partial charge in [0.05, 0.1) is 11.0 Å². The number of aromatic nitrogens is 1. The highest BCUT2D eigenvalue weighted by molar-refractivity contribution is 7.26. The summed E-state index contributed by atoms with van der Waals surface area (Å²) in [5, 5.41) is 13.0. The SMILES string of the molecule is c1cc(-c2ccc3c4ccccc4c4ccccc4c3c2)cc(-c2cc(-n3c4ccccc4c4ccccc43)cc3c2sc2ccccc23)c1. The van der Waals surface area contributed by atoms with Gasteiger partial charge in [0.25, 0.3) is 0 Å². The van der Waals surface area contributed by atoms with Crippen LogP contribution in [0.2, 0.25) is 0 Å². The molecule has 0 radical (unpaired) electrons. The van der Waals surface area contributed by atoms with Crippen molar-refractivity contribution >= 4 is 85.6 Å². The molecule has 9 aromatic carbocycles. The van der Waals surface area contributed by atoms with Crippen LogP contribution >= 0.6 is 11.3 Å². The number of benzene rings is 9. The molecule has 2 heterocycles. The van der Waals surface area contributed by atoms with Gasteiger partial charge in [0, 0.05) is 42.2 Å². The van der Waals surface area contributed by atoms with Gasteiger partial charge >= 0.3 is 0 Å². The van der Waals surface area contributed by atoms with Crippen LogP contribution in [0.5, 0.6) is 0 Å². The molecule has 0 bridgehead atoms. The molecule has 1 nitrogen and oxygen atoms in total. The van der Waals surface area contributed by atoms with Gasteiger partial charge in [0.2, 0.25) is 0 Å². The Bertz CT molecular complexity index is 3070. The summed E-state index contributed by atoms with van der Waals surface area (Å²) >= 11 is 1.89. The van der Waals surface area contributed by atoms with Crippen molar-refractivity contribution in [1.29, 1.82) is 0 Å². The average Bonchev–Trinajstić information content (AvgIpc) is 3.73. The quantitative estimate of drug-likeness (QED) is 0.168. The third-order valence-corrected chi connectivity index (χ3v) is 11.8. The van der Waals surface area contributed by atoms with Gasteiger partial charge in [0.15, 0.2) is 0 Å². The number of nitrogens with zero attached hydrogens (tertiary/aromatic N) is 1. The number of fused-ring (bicyclic) bond motifs is 12. The van der Waals surface area contributed by atoms with Gasteiger partial charge in [-0.1, -0.05) is 133 Å². The van der Waals surface area contributed by atoms with Gasteiger partial charge in [-0.05, 0) is 91.5 Å². The highest BCUT2D eigenvalue weighted by atomic mass is 32.1. The summed E-state index contributed by atoms with van der Waals surface area (Å²) in [6.07, 6.45) is 0. The molecule has 0 aliphatic rings. The monoisotopic (exact) mass is 651 g/mol. The first-order valence-electron chi connectivity index (χ1n) is 17.2. The van der Waals surface area contributed by atoms with E-state index in [0.717, 1.165) is 0 Å². The summed E-state index contributed by atoms with van der Waals surface area (Å²) in [6.45, 7) is 0. The Morgan fingerprint density at radius 2 is 0.840 bits per heavy atom. The number of hydrogen-bond acceptors (Lipinski definition) is 1. The lowest BCUT2D eigenvalue weighted by Gasteiger charge is -2.14. The van der Waals surface area contributed by atoms with E-state index < -0.39 is 0 Å². The maximum Gasteiger partial charge on any atom is 0.0541 e. The second-order valence-corrected chi connectivity index (χ2v) is 14.3. The van der Waals surface area contributed by atoms with Crippen molar-refractivity contribution in [2.24, 2.45) is 0 Å². The number of hydrogen-bond donors (Lipinski definition) is 0. The third-order valence-electron chi connectivity index (χ3n) is 10.6. The van der Waals surface area contributed by atoms with E-state index >= 15 is 0 Å². The molecule has 0 unspecified atom stereocenters. The van der Waals surface area contributed by atoms with Gasteiger partial charge in [-0.3, -0.25) is 0 Å². The van der Waals surface area contributed by atoms with E-state index in [2.05, 4.69) is 180 Å². The fourth-order valence-corrected chi connectivity index (χ4v) is 9.53. The van der Waals surface area contributed by atoms with Crippen LogP contribution in [0.3, 0.4) is 0 Å². The Kier molecular flexibility index (Phi) is 5.89. The summed E-state index contributed by atoms with van der Waals surface area (Å²) in [4.78, 5) is 0. The van der Waals surface area contributed by atoms with E-state index in [4.69, 9.17) is 0 Å². The van der Waals surface area contributed by atoms with Crippen molar-refractivity contribution in [3.8, 4) is 27.9 Å². The first-order valence-corrected chi connectivity index (χ1v) is 18.0. The summed E-state index contributed by atoms with van der Waals surface area (Å²) in [5.74, 6) is 0. The van der Waals surface area contributed by atoms with Gasteiger partial charge in [-0.2, -0.15) is 0 Å². The zero-order chi connectivity index (χ0) is 32.8. The van der Waals surface area contributed by atoms with Crippen LogP contribution < -0.4 is 0 Å². The van der Waals surface area contributed by atoms with Gasteiger partial charge in [0.1, 0.15) is 0 Å². The lowest BCUT2D eigenvalue weighted by atomic mass is 9.91. The maximum atomic E-state index is 2.45. The fraction of sp³-hybridized carbons (Fsp3) is 0. The number of para-hydroxylation sites is 2. The van der Waals surface area contributed by atoms with E-state index in [1.165, 1.54) is 102 Å². The second kappa shape index (κ2) is 10.6. The van der Waals surface area contributed by atoms with Crippen molar-refractivity contribution in [3.63, 3.8) is 0 Å². The maximum absolute atomic E-state index is 2.45.